The van der Waals surface area contributed by atoms with Crippen LogP contribution in [0.5, 0.6) is 0 Å². The summed E-state index contributed by atoms with van der Waals surface area (Å²) in [5.41, 5.74) is 0.724. The third-order valence-electron chi connectivity index (χ3n) is 2.37. The molecule has 3 nitrogen and oxygen atoms in total. The van der Waals surface area contributed by atoms with E-state index < -0.39 is 6.10 Å². The molecule has 2 rings (SSSR count). The second-order valence-electron chi connectivity index (χ2n) is 3.59. The third-order valence-corrected chi connectivity index (χ3v) is 2.37. The van der Waals surface area contributed by atoms with Gasteiger partial charge in [-0.3, -0.25) is 0 Å². The summed E-state index contributed by atoms with van der Waals surface area (Å²) in [7, 11) is 0. The molecule has 2 aromatic rings. The van der Waals surface area contributed by atoms with Crippen LogP contribution in [0.25, 0.3) is 11.3 Å². The zero-order chi connectivity index (χ0) is 12.3. The zero-order valence-corrected chi connectivity index (χ0v) is 8.93. The number of benzene rings is 1. The largest absolute Gasteiger partial charge is 0.458 e. The fourth-order valence-corrected chi connectivity index (χ4v) is 1.49. The van der Waals surface area contributed by atoms with Crippen LogP contribution in [0.15, 0.2) is 40.8 Å². The third kappa shape index (κ3) is 2.52. The molecule has 17 heavy (non-hydrogen) atoms. The molecule has 4 heteroatoms. The monoisotopic (exact) mass is 231 g/mol. The Kier molecular flexibility index (Phi) is 3.22. The van der Waals surface area contributed by atoms with Crippen molar-refractivity contribution in [2.24, 2.45) is 0 Å². The Bertz CT molecular complexity index is 539. The molecule has 0 aliphatic heterocycles. The van der Waals surface area contributed by atoms with Crippen molar-refractivity contribution in [2.45, 2.75) is 12.5 Å². The summed E-state index contributed by atoms with van der Waals surface area (Å²) in [5.74, 6) is 0.563. The Morgan fingerprint density at radius 2 is 1.94 bits per heavy atom. The van der Waals surface area contributed by atoms with Gasteiger partial charge < -0.3 is 9.52 Å². The molecule has 0 amide bonds. The van der Waals surface area contributed by atoms with Gasteiger partial charge in [0.1, 0.15) is 23.4 Å². The first kappa shape index (κ1) is 11.4. The van der Waals surface area contributed by atoms with E-state index in [4.69, 9.17) is 9.68 Å². The van der Waals surface area contributed by atoms with E-state index in [1.165, 1.54) is 12.1 Å². The van der Waals surface area contributed by atoms with Crippen LogP contribution in [0.3, 0.4) is 0 Å². The van der Waals surface area contributed by atoms with Gasteiger partial charge in [0.05, 0.1) is 12.5 Å². The quantitative estimate of drug-likeness (QED) is 0.883. The summed E-state index contributed by atoms with van der Waals surface area (Å²) >= 11 is 0. The standard InChI is InChI=1S/C13H10FNO2/c14-10-3-1-9(2-4-10)12-5-6-13(17-12)11(16)7-8-15/h1-6,11,16H,7H2. The molecule has 0 saturated carbocycles. The van der Waals surface area contributed by atoms with E-state index in [1.807, 2.05) is 6.07 Å². The van der Waals surface area contributed by atoms with Crippen LogP contribution >= 0.6 is 0 Å². The van der Waals surface area contributed by atoms with Gasteiger partial charge in [0.15, 0.2) is 0 Å². The lowest BCUT2D eigenvalue weighted by Gasteiger charge is -2.01. The van der Waals surface area contributed by atoms with Crippen molar-refractivity contribution in [3.8, 4) is 17.4 Å². The molecule has 1 N–H and O–H groups in total. The first-order valence-electron chi connectivity index (χ1n) is 5.11. The highest BCUT2D eigenvalue weighted by Gasteiger charge is 2.12. The number of rotatable bonds is 3. The van der Waals surface area contributed by atoms with Crippen molar-refractivity contribution in [2.75, 3.05) is 0 Å². The highest BCUT2D eigenvalue weighted by atomic mass is 19.1. The van der Waals surface area contributed by atoms with Gasteiger partial charge in [0, 0.05) is 5.56 Å². The smallest absolute Gasteiger partial charge is 0.134 e. The number of nitrogens with zero attached hydrogens (tertiary/aromatic N) is 1. The second-order valence-corrected chi connectivity index (χ2v) is 3.59. The Hall–Kier alpha value is -2.12. The summed E-state index contributed by atoms with van der Waals surface area (Å²) in [5, 5.41) is 18.0. The summed E-state index contributed by atoms with van der Waals surface area (Å²) in [6.45, 7) is 0. The molecule has 1 aromatic carbocycles. The second kappa shape index (κ2) is 4.81. The van der Waals surface area contributed by atoms with Crippen molar-refractivity contribution in [3.05, 3.63) is 48.0 Å². The lowest BCUT2D eigenvalue weighted by Crippen LogP contribution is -1.92. The highest BCUT2D eigenvalue weighted by molar-refractivity contribution is 5.57. The van der Waals surface area contributed by atoms with Gasteiger partial charge in [-0.2, -0.15) is 5.26 Å². The van der Waals surface area contributed by atoms with Crippen LogP contribution in [0.1, 0.15) is 18.3 Å². The first-order chi connectivity index (χ1) is 8.20. The summed E-state index contributed by atoms with van der Waals surface area (Å²) in [6.07, 6.45) is -0.940. The molecule has 0 spiro atoms. The van der Waals surface area contributed by atoms with Crippen LogP contribution in [0.4, 0.5) is 4.39 Å². The summed E-state index contributed by atoms with van der Waals surface area (Å²) in [4.78, 5) is 0. The Labute approximate surface area is 97.7 Å². The van der Waals surface area contributed by atoms with E-state index >= 15 is 0 Å². The van der Waals surface area contributed by atoms with E-state index in [-0.39, 0.29) is 12.2 Å². The minimum atomic E-state index is -0.922. The summed E-state index contributed by atoms with van der Waals surface area (Å²) in [6, 6.07) is 11.0. The molecule has 0 saturated heterocycles. The average molecular weight is 231 g/mol. The number of halogens is 1. The molecule has 1 heterocycles. The molecule has 0 radical (unpaired) electrons. The average Bonchev–Trinajstić information content (AvgIpc) is 2.80. The van der Waals surface area contributed by atoms with E-state index in [0.717, 1.165) is 5.56 Å². The molecule has 0 aliphatic carbocycles. The molecular formula is C13H10FNO2. The number of aliphatic hydroxyl groups is 1. The maximum Gasteiger partial charge on any atom is 0.134 e. The van der Waals surface area contributed by atoms with Gasteiger partial charge in [-0.1, -0.05) is 0 Å². The molecule has 1 unspecified atom stereocenters. The number of aliphatic hydroxyl groups excluding tert-OH is 1. The molecule has 0 fully saturated rings. The highest BCUT2D eigenvalue weighted by Crippen LogP contribution is 2.26. The Morgan fingerprint density at radius 3 is 2.59 bits per heavy atom. The Balaban J connectivity index is 2.24. The Morgan fingerprint density at radius 1 is 1.24 bits per heavy atom. The fourth-order valence-electron chi connectivity index (χ4n) is 1.49. The molecular weight excluding hydrogens is 221 g/mol. The van der Waals surface area contributed by atoms with Gasteiger partial charge in [-0.15, -0.1) is 0 Å². The SMILES string of the molecule is N#CCC(O)c1ccc(-c2ccc(F)cc2)o1. The predicted molar refractivity (Wildman–Crippen MR) is 59.3 cm³/mol. The maximum absolute atomic E-state index is 12.7. The summed E-state index contributed by atoms with van der Waals surface area (Å²) < 4.78 is 18.1. The van der Waals surface area contributed by atoms with Gasteiger partial charge in [0.25, 0.3) is 0 Å². The van der Waals surface area contributed by atoms with Crippen LogP contribution in [0.2, 0.25) is 0 Å². The normalized spacial score (nSPS) is 12.1. The molecule has 86 valence electrons. The zero-order valence-electron chi connectivity index (χ0n) is 8.93. The lowest BCUT2D eigenvalue weighted by molar-refractivity contribution is 0.156. The number of nitriles is 1. The van der Waals surface area contributed by atoms with Crippen molar-refractivity contribution in [3.63, 3.8) is 0 Å². The van der Waals surface area contributed by atoms with Gasteiger partial charge in [-0.05, 0) is 36.4 Å². The van der Waals surface area contributed by atoms with Crippen molar-refractivity contribution in [1.29, 1.82) is 5.26 Å². The van der Waals surface area contributed by atoms with Gasteiger partial charge in [-0.25, -0.2) is 4.39 Å². The fraction of sp³-hybridized carbons (Fsp3) is 0.154. The van der Waals surface area contributed by atoms with Crippen LogP contribution in [0, 0.1) is 17.1 Å². The van der Waals surface area contributed by atoms with Gasteiger partial charge in [0.2, 0.25) is 0 Å². The van der Waals surface area contributed by atoms with Crippen molar-refractivity contribution in [1.82, 2.24) is 0 Å². The predicted octanol–water partition coefficient (Wildman–Crippen LogP) is 3.03. The number of furan rings is 1. The van der Waals surface area contributed by atoms with Crippen LogP contribution in [-0.4, -0.2) is 5.11 Å². The molecule has 1 aromatic heterocycles. The van der Waals surface area contributed by atoms with E-state index in [9.17, 15) is 9.50 Å². The van der Waals surface area contributed by atoms with E-state index in [1.54, 1.807) is 24.3 Å². The molecule has 1 atom stereocenters. The van der Waals surface area contributed by atoms with E-state index in [0.29, 0.717) is 11.5 Å². The van der Waals surface area contributed by atoms with Crippen LogP contribution < -0.4 is 0 Å². The molecule has 0 bridgehead atoms. The number of hydrogen-bond donors (Lipinski definition) is 1. The van der Waals surface area contributed by atoms with Gasteiger partial charge >= 0.3 is 0 Å². The number of hydrogen-bond acceptors (Lipinski definition) is 3. The van der Waals surface area contributed by atoms with E-state index in [2.05, 4.69) is 0 Å². The van der Waals surface area contributed by atoms with Crippen molar-refractivity contribution >= 4 is 0 Å². The first-order valence-corrected chi connectivity index (χ1v) is 5.11. The maximum atomic E-state index is 12.7. The van der Waals surface area contributed by atoms with Crippen LogP contribution in [-0.2, 0) is 0 Å². The minimum absolute atomic E-state index is 0.0175. The molecule has 0 aliphatic rings. The topological polar surface area (TPSA) is 57.2 Å². The minimum Gasteiger partial charge on any atom is -0.458 e. The van der Waals surface area contributed by atoms with Crippen molar-refractivity contribution < 1.29 is 13.9 Å². The lowest BCUT2D eigenvalue weighted by atomic mass is 10.2.